The maximum Gasteiger partial charge on any atom is 0.274 e. The van der Waals surface area contributed by atoms with E-state index >= 15 is 0 Å². The quantitative estimate of drug-likeness (QED) is 0.480. The number of carbonyl (C=O) groups excluding carboxylic acids is 1. The highest BCUT2D eigenvalue weighted by Crippen LogP contribution is 2.20. The Morgan fingerprint density at radius 2 is 1.96 bits per heavy atom. The van der Waals surface area contributed by atoms with Crippen molar-refractivity contribution in [3.8, 4) is 0 Å². The van der Waals surface area contributed by atoms with Gasteiger partial charge in [-0.15, -0.1) is 0 Å². The molecule has 1 aromatic heterocycles. The third kappa shape index (κ3) is 3.98. The van der Waals surface area contributed by atoms with Crippen LogP contribution >= 0.6 is 0 Å². The maximum absolute atomic E-state index is 11.6. The molecule has 0 spiro atoms. The molecule has 1 amide bonds. The Morgan fingerprint density at radius 1 is 1.16 bits per heavy atom. The van der Waals surface area contributed by atoms with E-state index < -0.39 is 15.9 Å². The number of amides is 1. The molecule has 0 aliphatic carbocycles. The predicted molar refractivity (Wildman–Crippen MR) is 95.2 cm³/mol. The van der Waals surface area contributed by atoms with Gasteiger partial charge >= 0.3 is 0 Å². The molecule has 25 heavy (non-hydrogen) atoms. The van der Waals surface area contributed by atoms with Gasteiger partial charge in [0.2, 0.25) is 10.0 Å². The van der Waals surface area contributed by atoms with Crippen LogP contribution < -0.4 is 10.2 Å². The van der Waals surface area contributed by atoms with Crippen LogP contribution in [0.25, 0.3) is 10.9 Å². The van der Waals surface area contributed by atoms with Crippen LogP contribution in [-0.2, 0) is 16.6 Å². The van der Waals surface area contributed by atoms with Crippen LogP contribution in [0.2, 0.25) is 0 Å². The molecule has 130 valence electrons. The van der Waals surface area contributed by atoms with Gasteiger partial charge in [0.15, 0.2) is 0 Å². The second-order valence-corrected chi connectivity index (χ2v) is 7.48. The first kappa shape index (κ1) is 17.0. The van der Waals surface area contributed by atoms with E-state index in [4.69, 9.17) is 5.21 Å². The molecule has 0 saturated heterocycles. The van der Waals surface area contributed by atoms with Crippen LogP contribution in [-0.4, -0.2) is 30.4 Å². The number of hydrogen-bond donors (Lipinski definition) is 3. The molecule has 0 fully saturated rings. The number of hydroxylamine groups is 1. The van der Waals surface area contributed by atoms with Crippen molar-refractivity contribution < 1.29 is 18.4 Å². The number of rotatable bonds is 5. The highest BCUT2D eigenvalue weighted by Gasteiger charge is 2.09. The molecule has 3 N–H and O–H groups in total. The molecule has 0 bridgehead atoms. The first-order chi connectivity index (χ1) is 11.9. The normalized spacial score (nSPS) is 11.4. The number of nitrogens with zero attached hydrogens (tertiary/aromatic N) is 1. The van der Waals surface area contributed by atoms with Crippen molar-refractivity contribution in [2.24, 2.45) is 0 Å². The van der Waals surface area contributed by atoms with E-state index in [1.54, 1.807) is 41.9 Å². The zero-order valence-electron chi connectivity index (χ0n) is 13.4. The van der Waals surface area contributed by atoms with Crippen LogP contribution in [0.4, 0.5) is 5.69 Å². The molecule has 3 rings (SSSR count). The first-order valence-electron chi connectivity index (χ1n) is 7.46. The minimum atomic E-state index is -3.33. The summed E-state index contributed by atoms with van der Waals surface area (Å²) in [7, 11) is -3.33. The van der Waals surface area contributed by atoms with Crippen LogP contribution in [0.1, 0.15) is 15.9 Å². The SMILES string of the molecule is CS(=O)(=O)Nc1cccc(Cn2ccc3ccc(C(=O)NO)cc32)c1. The van der Waals surface area contributed by atoms with Crippen LogP contribution in [0, 0.1) is 0 Å². The fraction of sp³-hybridized carbons (Fsp3) is 0.118. The van der Waals surface area contributed by atoms with Crippen molar-refractivity contribution in [3.63, 3.8) is 0 Å². The Labute approximate surface area is 144 Å². The third-order valence-corrected chi connectivity index (χ3v) is 4.33. The van der Waals surface area contributed by atoms with Gasteiger partial charge in [-0.3, -0.25) is 14.7 Å². The zero-order chi connectivity index (χ0) is 18.0. The number of anilines is 1. The Balaban J connectivity index is 1.93. The molecule has 0 unspecified atom stereocenters. The Morgan fingerprint density at radius 3 is 2.68 bits per heavy atom. The second kappa shape index (κ2) is 6.58. The van der Waals surface area contributed by atoms with E-state index in [1.165, 1.54) is 0 Å². The summed E-state index contributed by atoms with van der Waals surface area (Å²) in [4.78, 5) is 11.6. The summed E-state index contributed by atoms with van der Waals surface area (Å²) in [5.41, 5.74) is 4.21. The van der Waals surface area contributed by atoms with Gasteiger partial charge < -0.3 is 4.57 Å². The lowest BCUT2D eigenvalue weighted by Gasteiger charge is -2.09. The van der Waals surface area contributed by atoms with Crippen molar-refractivity contribution in [2.45, 2.75) is 6.54 Å². The summed E-state index contributed by atoms with van der Waals surface area (Å²) < 4.78 is 27.1. The van der Waals surface area contributed by atoms with Crippen molar-refractivity contribution >= 4 is 32.5 Å². The van der Waals surface area contributed by atoms with E-state index in [0.717, 1.165) is 22.7 Å². The maximum atomic E-state index is 11.6. The highest BCUT2D eigenvalue weighted by molar-refractivity contribution is 7.92. The van der Waals surface area contributed by atoms with Crippen molar-refractivity contribution in [3.05, 3.63) is 65.9 Å². The molecule has 0 atom stereocenters. The van der Waals surface area contributed by atoms with E-state index in [1.807, 2.05) is 22.9 Å². The Kier molecular flexibility index (Phi) is 4.47. The number of nitrogens with one attached hydrogen (secondary N) is 2. The van der Waals surface area contributed by atoms with Crippen LogP contribution in [0.3, 0.4) is 0 Å². The molecule has 1 heterocycles. The number of hydrogen-bond acceptors (Lipinski definition) is 4. The van der Waals surface area contributed by atoms with Crippen LogP contribution in [0.15, 0.2) is 54.7 Å². The van der Waals surface area contributed by atoms with Gasteiger partial charge in [0.05, 0.1) is 6.26 Å². The molecular formula is C17H17N3O4S. The fourth-order valence-electron chi connectivity index (χ4n) is 2.67. The number of sulfonamides is 1. The Hall–Kier alpha value is -2.84. The van der Waals surface area contributed by atoms with Gasteiger partial charge in [0, 0.05) is 29.5 Å². The minimum Gasteiger partial charge on any atom is -0.343 e. The van der Waals surface area contributed by atoms with Crippen LogP contribution in [0.5, 0.6) is 0 Å². The predicted octanol–water partition coefficient (Wildman–Crippen LogP) is 2.18. The summed E-state index contributed by atoms with van der Waals surface area (Å²) in [5, 5.41) is 9.73. The number of aromatic nitrogens is 1. The number of benzene rings is 2. The zero-order valence-corrected chi connectivity index (χ0v) is 14.2. The summed E-state index contributed by atoms with van der Waals surface area (Å²) in [6.45, 7) is 0.507. The highest BCUT2D eigenvalue weighted by atomic mass is 32.2. The second-order valence-electron chi connectivity index (χ2n) is 5.73. The topological polar surface area (TPSA) is 100 Å². The van der Waals surface area contributed by atoms with Gasteiger partial charge in [0.1, 0.15) is 0 Å². The number of carbonyl (C=O) groups is 1. The fourth-order valence-corrected chi connectivity index (χ4v) is 3.23. The lowest BCUT2D eigenvalue weighted by molar-refractivity contribution is 0.0706. The summed E-state index contributed by atoms with van der Waals surface area (Å²) >= 11 is 0. The van der Waals surface area contributed by atoms with Gasteiger partial charge in [-0.05, 0) is 41.3 Å². The van der Waals surface area contributed by atoms with Gasteiger partial charge in [-0.2, -0.15) is 0 Å². The molecule has 0 aliphatic rings. The largest absolute Gasteiger partial charge is 0.343 e. The average Bonchev–Trinajstić information content (AvgIpc) is 2.95. The molecular weight excluding hydrogens is 342 g/mol. The molecule has 0 saturated carbocycles. The molecule has 3 aromatic rings. The minimum absolute atomic E-state index is 0.349. The summed E-state index contributed by atoms with van der Waals surface area (Å²) in [6, 6.07) is 14.2. The molecule has 8 heteroatoms. The van der Waals surface area contributed by atoms with E-state index in [-0.39, 0.29) is 0 Å². The first-order valence-corrected chi connectivity index (χ1v) is 9.35. The average molecular weight is 359 g/mol. The lowest BCUT2D eigenvalue weighted by Crippen LogP contribution is -2.18. The molecule has 2 aromatic carbocycles. The smallest absolute Gasteiger partial charge is 0.274 e. The Bertz CT molecular complexity index is 1040. The van der Waals surface area contributed by atoms with Crippen molar-refractivity contribution in [1.29, 1.82) is 0 Å². The lowest BCUT2D eigenvalue weighted by atomic mass is 10.1. The van der Waals surface area contributed by atoms with Crippen molar-refractivity contribution in [2.75, 3.05) is 11.0 Å². The van der Waals surface area contributed by atoms with E-state index in [9.17, 15) is 13.2 Å². The molecule has 0 radical (unpaired) electrons. The van der Waals surface area contributed by atoms with Crippen molar-refractivity contribution in [1.82, 2.24) is 10.0 Å². The van der Waals surface area contributed by atoms with Gasteiger partial charge in [-0.1, -0.05) is 18.2 Å². The summed E-state index contributed by atoms with van der Waals surface area (Å²) in [5.74, 6) is -0.575. The summed E-state index contributed by atoms with van der Waals surface area (Å²) in [6.07, 6.45) is 2.99. The van der Waals surface area contributed by atoms with Gasteiger partial charge in [-0.25, -0.2) is 13.9 Å². The molecule has 0 aliphatic heterocycles. The standard InChI is InChI=1S/C17H17N3O4S/c1-25(23,24)19-15-4-2-3-12(9-15)11-20-8-7-13-5-6-14(10-16(13)20)17(21)18-22/h2-10,19,22H,11H2,1H3,(H,18,21). The number of fused-ring (bicyclic) bond motifs is 1. The molecule has 7 nitrogen and oxygen atoms in total. The monoisotopic (exact) mass is 359 g/mol. The van der Waals surface area contributed by atoms with E-state index in [2.05, 4.69) is 4.72 Å². The van der Waals surface area contributed by atoms with E-state index in [0.29, 0.717) is 17.8 Å². The van der Waals surface area contributed by atoms with Gasteiger partial charge in [0.25, 0.3) is 5.91 Å². The third-order valence-electron chi connectivity index (χ3n) is 3.72.